The van der Waals surface area contributed by atoms with Crippen LogP contribution in [-0.4, -0.2) is 44.2 Å². The molecule has 0 atom stereocenters. The fourth-order valence-corrected chi connectivity index (χ4v) is 3.07. The zero-order valence-corrected chi connectivity index (χ0v) is 15.2. The second kappa shape index (κ2) is 9.20. The van der Waals surface area contributed by atoms with Crippen LogP contribution in [0.5, 0.6) is 0 Å². The van der Waals surface area contributed by atoms with Gasteiger partial charge in [-0.15, -0.1) is 0 Å². The fraction of sp³-hybridized carbons (Fsp3) is 0.400. The summed E-state index contributed by atoms with van der Waals surface area (Å²) < 4.78 is 5.01. The maximum absolute atomic E-state index is 12.5. The first-order valence-electron chi connectivity index (χ1n) is 9.10. The van der Waals surface area contributed by atoms with Crippen molar-refractivity contribution in [2.24, 2.45) is 0 Å². The van der Waals surface area contributed by atoms with Gasteiger partial charge in [0.2, 0.25) is 0 Å². The highest BCUT2D eigenvalue weighted by Crippen LogP contribution is 2.22. The molecule has 1 saturated heterocycles. The highest BCUT2D eigenvalue weighted by atomic mass is 16.5. The van der Waals surface area contributed by atoms with Gasteiger partial charge in [-0.05, 0) is 49.6 Å². The molecule has 1 aromatic heterocycles. The van der Waals surface area contributed by atoms with Crippen molar-refractivity contribution in [1.29, 1.82) is 0 Å². The first-order valence-corrected chi connectivity index (χ1v) is 9.10. The third-order valence-corrected chi connectivity index (χ3v) is 4.48. The summed E-state index contributed by atoms with van der Waals surface area (Å²) in [7, 11) is 1.65. The zero-order valence-electron chi connectivity index (χ0n) is 15.2. The standard InChI is InChI=1S/C20H26N4O2/c1-26-12-9-22-18-13-16(14-21-15-18)20(25)23-17-5-7-19(8-6-17)24-10-3-2-4-11-24/h5-8,13-15,22H,2-4,9-12H2,1H3,(H,23,25). The molecule has 0 aliphatic carbocycles. The van der Waals surface area contributed by atoms with Gasteiger partial charge >= 0.3 is 0 Å². The lowest BCUT2D eigenvalue weighted by atomic mass is 10.1. The third kappa shape index (κ3) is 4.95. The summed E-state index contributed by atoms with van der Waals surface area (Å²) in [4.78, 5) is 19.0. The van der Waals surface area contributed by atoms with E-state index in [4.69, 9.17) is 4.74 Å². The number of hydrogen-bond acceptors (Lipinski definition) is 5. The summed E-state index contributed by atoms with van der Waals surface area (Å²) in [6.07, 6.45) is 7.08. The van der Waals surface area contributed by atoms with Gasteiger partial charge in [0.25, 0.3) is 5.91 Å². The number of pyridine rings is 1. The van der Waals surface area contributed by atoms with E-state index in [0.29, 0.717) is 18.7 Å². The number of nitrogens with one attached hydrogen (secondary N) is 2. The Bertz CT molecular complexity index is 712. The van der Waals surface area contributed by atoms with Gasteiger partial charge in [0.05, 0.1) is 17.9 Å². The van der Waals surface area contributed by atoms with Crippen molar-refractivity contribution in [1.82, 2.24) is 4.98 Å². The molecule has 6 nitrogen and oxygen atoms in total. The topological polar surface area (TPSA) is 66.5 Å². The maximum Gasteiger partial charge on any atom is 0.257 e. The van der Waals surface area contributed by atoms with Crippen molar-refractivity contribution in [3.05, 3.63) is 48.3 Å². The first kappa shape index (κ1) is 18.2. The summed E-state index contributed by atoms with van der Waals surface area (Å²) in [5.41, 5.74) is 3.32. The Labute approximate surface area is 154 Å². The fourth-order valence-electron chi connectivity index (χ4n) is 3.07. The third-order valence-electron chi connectivity index (χ3n) is 4.48. The molecular formula is C20H26N4O2. The predicted octanol–water partition coefficient (Wildman–Crippen LogP) is 3.38. The van der Waals surface area contributed by atoms with Crippen molar-refractivity contribution in [3.63, 3.8) is 0 Å². The molecule has 0 unspecified atom stereocenters. The van der Waals surface area contributed by atoms with Crippen LogP contribution in [0.4, 0.5) is 17.1 Å². The molecule has 26 heavy (non-hydrogen) atoms. The van der Waals surface area contributed by atoms with E-state index in [1.165, 1.54) is 24.9 Å². The molecule has 1 fully saturated rings. The van der Waals surface area contributed by atoms with Crippen LogP contribution in [0, 0.1) is 0 Å². The number of rotatable bonds is 7. The quantitative estimate of drug-likeness (QED) is 0.746. The summed E-state index contributed by atoms with van der Waals surface area (Å²) in [5, 5.41) is 6.11. The lowest BCUT2D eigenvalue weighted by Crippen LogP contribution is -2.29. The Balaban J connectivity index is 1.59. The SMILES string of the molecule is COCCNc1cncc(C(=O)Nc2ccc(N3CCCCC3)cc2)c1. The molecule has 3 rings (SSSR count). The van der Waals surface area contributed by atoms with E-state index >= 15 is 0 Å². The molecule has 1 amide bonds. The Morgan fingerprint density at radius 3 is 2.62 bits per heavy atom. The molecule has 1 aromatic carbocycles. The lowest BCUT2D eigenvalue weighted by Gasteiger charge is -2.28. The predicted molar refractivity (Wildman–Crippen MR) is 105 cm³/mol. The number of nitrogens with zero attached hydrogens (tertiary/aromatic N) is 2. The molecule has 0 spiro atoms. The molecule has 2 N–H and O–H groups in total. The number of piperidine rings is 1. The number of carbonyl (C=O) groups excluding carboxylic acids is 1. The Kier molecular flexibility index (Phi) is 6.44. The van der Waals surface area contributed by atoms with Gasteiger partial charge in [0.1, 0.15) is 0 Å². The van der Waals surface area contributed by atoms with Crippen LogP contribution in [0.15, 0.2) is 42.7 Å². The van der Waals surface area contributed by atoms with Crippen molar-refractivity contribution >= 4 is 23.0 Å². The van der Waals surface area contributed by atoms with E-state index in [2.05, 4.69) is 32.7 Å². The van der Waals surface area contributed by atoms with Crippen LogP contribution < -0.4 is 15.5 Å². The van der Waals surface area contributed by atoms with Crippen LogP contribution in [0.3, 0.4) is 0 Å². The van der Waals surface area contributed by atoms with Gasteiger partial charge in [-0.1, -0.05) is 0 Å². The molecule has 2 heterocycles. The molecule has 6 heteroatoms. The second-order valence-corrected chi connectivity index (χ2v) is 6.43. The lowest BCUT2D eigenvalue weighted by molar-refractivity contribution is 0.102. The van der Waals surface area contributed by atoms with Gasteiger partial charge in [-0.3, -0.25) is 9.78 Å². The normalized spacial score (nSPS) is 14.1. The van der Waals surface area contributed by atoms with Crippen molar-refractivity contribution in [2.75, 3.05) is 48.9 Å². The highest BCUT2D eigenvalue weighted by molar-refractivity contribution is 6.04. The van der Waals surface area contributed by atoms with Crippen LogP contribution in [0.25, 0.3) is 0 Å². The number of benzene rings is 1. The zero-order chi connectivity index (χ0) is 18.2. The monoisotopic (exact) mass is 354 g/mol. The van der Waals surface area contributed by atoms with E-state index in [1.54, 1.807) is 25.6 Å². The average molecular weight is 354 g/mol. The van der Waals surface area contributed by atoms with Crippen molar-refractivity contribution < 1.29 is 9.53 Å². The molecule has 0 radical (unpaired) electrons. The van der Waals surface area contributed by atoms with Crippen LogP contribution in [0.2, 0.25) is 0 Å². The first-order chi connectivity index (χ1) is 12.8. The van der Waals surface area contributed by atoms with Gasteiger partial charge in [-0.25, -0.2) is 0 Å². The van der Waals surface area contributed by atoms with Gasteiger partial charge in [0.15, 0.2) is 0 Å². The summed E-state index contributed by atoms with van der Waals surface area (Å²) >= 11 is 0. The van der Waals surface area contributed by atoms with Crippen molar-refractivity contribution in [2.45, 2.75) is 19.3 Å². The second-order valence-electron chi connectivity index (χ2n) is 6.43. The van der Waals surface area contributed by atoms with Crippen LogP contribution in [0.1, 0.15) is 29.6 Å². The molecule has 2 aromatic rings. The average Bonchev–Trinajstić information content (AvgIpc) is 2.70. The van der Waals surface area contributed by atoms with E-state index in [1.807, 2.05) is 12.1 Å². The van der Waals surface area contributed by atoms with Gasteiger partial charge in [0, 0.05) is 50.5 Å². The smallest absolute Gasteiger partial charge is 0.257 e. The largest absolute Gasteiger partial charge is 0.383 e. The number of carbonyl (C=O) groups is 1. The summed E-state index contributed by atoms with van der Waals surface area (Å²) in [5.74, 6) is -0.168. The number of hydrogen-bond donors (Lipinski definition) is 2. The minimum Gasteiger partial charge on any atom is -0.383 e. The van der Waals surface area contributed by atoms with E-state index < -0.39 is 0 Å². The van der Waals surface area contributed by atoms with Crippen molar-refractivity contribution in [3.8, 4) is 0 Å². The van der Waals surface area contributed by atoms with Gasteiger partial charge in [-0.2, -0.15) is 0 Å². The molecule has 0 saturated carbocycles. The number of anilines is 3. The number of ether oxygens (including phenoxy) is 1. The maximum atomic E-state index is 12.5. The molecule has 1 aliphatic heterocycles. The Morgan fingerprint density at radius 1 is 1.12 bits per heavy atom. The summed E-state index contributed by atoms with van der Waals surface area (Å²) in [6.45, 7) is 3.49. The minimum absolute atomic E-state index is 0.168. The van der Waals surface area contributed by atoms with E-state index in [9.17, 15) is 4.79 Å². The highest BCUT2D eigenvalue weighted by Gasteiger charge is 2.11. The Morgan fingerprint density at radius 2 is 1.88 bits per heavy atom. The molecular weight excluding hydrogens is 328 g/mol. The number of methoxy groups -OCH3 is 1. The van der Waals surface area contributed by atoms with Crippen LogP contribution in [-0.2, 0) is 4.74 Å². The molecule has 1 aliphatic rings. The minimum atomic E-state index is -0.168. The van der Waals surface area contributed by atoms with Gasteiger partial charge < -0.3 is 20.3 Å². The molecule has 0 bridgehead atoms. The molecule has 138 valence electrons. The van der Waals surface area contributed by atoms with E-state index in [0.717, 1.165) is 24.5 Å². The van der Waals surface area contributed by atoms with Crippen LogP contribution >= 0.6 is 0 Å². The number of amides is 1. The Hall–Kier alpha value is -2.60. The van der Waals surface area contributed by atoms with E-state index in [-0.39, 0.29) is 5.91 Å². The number of aromatic nitrogens is 1. The summed E-state index contributed by atoms with van der Waals surface area (Å²) in [6, 6.07) is 9.84.